The van der Waals surface area contributed by atoms with Crippen LogP contribution in [0.4, 0.5) is 0 Å². The van der Waals surface area contributed by atoms with Gasteiger partial charge in [-0.2, -0.15) is 0 Å². The summed E-state index contributed by atoms with van der Waals surface area (Å²) in [6.07, 6.45) is 7.47. The van der Waals surface area contributed by atoms with Crippen LogP contribution in [0.1, 0.15) is 90.9 Å². The van der Waals surface area contributed by atoms with Crippen molar-refractivity contribution in [3.63, 3.8) is 0 Å². The first-order valence-electron chi connectivity index (χ1n) is 8.96. The minimum Gasteiger partial charge on any atom is -0.382 e. The highest BCUT2D eigenvalue weighted by Gasteiger charge is 2.28. The van der Waals surface area contributed by atoms with Crippen LogP contribution >= 0.6 is 0 Å². The van der Waals surface area contributed by atoms with Crippen molar-refractivity contribution < 1.29 is 19.8 Å². The summed E-state index contributed by atoms with van der Waals surface area (Å²) >= 11 is 0. The van der Waals surface area contributed by atoms with Gasteiger partial charge < -0.3 is 10.2 Å². The summed E-state index contributed by atoms with van der Waals surface area (Å²) in [5.41, 5.74) is 0. The van der Waals surface area contributed by atoms with Crippen LogP contribution in [0.3, 0.4) is 0 Å². The van der Waals surface area contributed by atoms with Gasteiger partial charge in [-0.15, -0.1) is 0 Å². The van der Waals surface area contributed by atoms with Gasteiger partial charge in [0.2, 0.25) is 0 Å². The van der Waals surface area contributed by atoms with Gasteiger partial charge in [-0.05, 0) is 12.8 Å². The van der Waals surface area contributed by atoms with Crippen molar-refractivity contribution in [2.75, 3.05) is 0 Å². The van der Waals surface area contributed by atoms with Crippen LogP contribution in [-0.2, 0) is 9.59 Å². The van der Waals surface area contributed by atoms with E-state index in [9.17, 15) is 19.8 Å². The van der Waals surface area contributed by atoms with Crippen LogP contribution < -0.4 is 0 Å². The zero-order valence-corrected chi connectivity index (χ0v) is 14.4. The Balaban J connectivity index is 3.88. The minimum atomic E-state index is -1.55. The third-order valence-electron chi connectivity index (χ3n) is 4.01. The lowest BCUT2D eigenvalue weighted by atomic mass is 9.97. The number of ketones is 2. The van der Waals surface area contributed by atoms with Gasteiger partial charge in [0.1, 0.15) is 12.2 Å². The van der Waals surface area contributed by atoms with Crippen LogP contribution in [-0.4, -0.2) is 34.0 Å². The Morgan fingerprint density at radius 2 is 0.955 bits per heavy atom. The van der Waals surface area contributed by atoms with E-state index >= 15 is 0 Å². The van der Waals surface area contributed by atoms with E-state index in [1.54, 1.807) is 0 Å². The van der Waals surface area contributed by atoms with Gasteiger partial charge in [0.25, 0.3) is 0 Å². The molecule has 2 atom stereocenters. The first-order chi connectivity index (χ1) is 10.5. The van der Waals surface area contributed by atoms with Crippen LogP contribution in [0.15, 0.2) is 0 Å². The van der Waals surface area contributed by atoms with E-state index in [2.05, 4.69) is 13.8 Å². The summed E-state index contributed by atoms with van der Waals surface area (Å²) in [7, 11) is 0. The number of rotatable bonds is 15. The van der Waals surface area contributed by atoms with Crippen molar-refractivity contribution in [3.05, 3.63) is 0 Å². The molecule has 0 saturated heterocycles. The fourth-order valence-corrected chi connectivity index (χ4v) is 2.45. The molecular formula is C18H34O4. The van der Waals surface area contributed by atoms with Gasteiger partial charge in [0, 0.05) is 12.8 Å². The molecule has 0 bridgehead atoms. The van der Waals surface area contributed by atoms with Crippen LogP contribution in [0.2, 0.25) is 0 Å². The standard InChI is InChI=1S/C18H34O4/c1-3-5-7-9-11-13-15(19)17(21)18(22)16(20)14-12-10-8-6-4-2/h17-18,21-22H,3-14H2,1-2H3/t17-,18-/m0/s1. The third kappa shape index (κ3) is 10.1. The Hall–Kier alpha value is -0.740. The van der Waals surface area contributed by atoms with E-state index in [0.717, 1.165) is 51.4 Å². The molecule has 22 heavy (non-hydrogen) atoms. The molecule has 0 rings (SSSR count). The summed E-state index contributed by atoms with van der Waals surface area (Å²) < 4.78 is 0. The summed E-state index contributed by atoms with van der Waals surface area (Å²) in [5.74, 6) is -0.827. The molecule has 0 aromatic heterocycles. The molecule has 0 fully saturated rings. The predicted molar refractivity (Wildman–Crippen MR) is 88.8 cm³/mol. The average molecular weight is 314 g/mol. The lowest BCUT2D eigenvalue weighted by Crippen LogP contribution is -2.39. The molecule has 4 nitrogen and oxygen atoms in total. The third-order valence-corrected chi connectivity index (χ3v) is 4.01. The van der Waals surface area contributed by atoms with E-state index in [1.807, 2.05) is 0 Å². The van der Waals surface area contributed by atoms with Gasteiger partial charge in [0.15, 0.2) is 11.6 Å². The number of unbranched alkanes of at least 4 members (excludes halogenated alkanes) is 8. The molecule has 0 aromatic carbocycles. The van der Waals surface area contributed by atoms with E-state index in [4.69, 9.17) is 0 Å². The summed E-state index contributed by atoms with van der Waals surface area (Å²) in [6.45, 7) is 4.25. The molecule has 0 heterocycles. The maximum atomic E-state index is 11.8. The van der Waals surface area contributed by atoms with E-state index in [-0.39, 0.29) is 12.8 Å². The van der Waals surface area contributed by atoms with Crippen molar-refractivity contribution >= 4 is 11.6 Å². The number of Topliss-reactive ketones (excluding diaryl/α,β-unsaturated/α-hetero) is 2. The smallest absolute Gasteiger partial charge is 0.164 e. The Morgan fingerprint density at radius 1 is 0.636 bits per heavy atom. The molecule has 0 spiro atoms. The summed E-state index contributed by atoms with van der Waals surface area (Å²) in [5, 5.41) is 19.6. The number of hydrogen-bond acceptors (Lipinski definition) is 4. The molecule has 0 aliphatic rings. The molecule has 0 aromatic rings. The van der Waals surface area contributed by atoms with Gasteiger partial charge in [-0.3, -0.25) is 9.59 Å². The normalized spacial score (nSPS) is 13.8. The van der Waals surface area contributed by atoms with E-state index < -0.39 is 23.8 Å². The monoisotopic (exact) mass is 314 g/mol. The molecule has 0 unspecified atom stereocenters. The van der Waals surface area contributed by atoms with Crippen LogP contribution in [0, 0.1) is 0 Å². The molecule has 130 valence electrons. The quantitative estimate of drug-likeness (QED) is 0.453. The van der Waals surface area contributed by atoms with Gasteiger partial charge in [-0.1, -0.05) is 65.2 Å². The van der Waals surface area contributed by atoms with Crippen LogP contribution in [0.5, 0.6) is 0 Å². The first-order valence-corrected chi connectivity index (χ1v) is 8.96. The van der Waals surface area contributed by atoms with Crippen molar-refractivity contribution in [1.82, 2.24) is 0 Å². The van der Waals surface area contributed by atoms with Gasteiger partial charge >= 0.3 is 0 Å². The molecule has 2 N–H and O–H groups in total. The summed E-state index contributed by atoms with van der Waals surface area (Å²) in [4.78, 5) is 23.5. The number of carbonyl (C=O) groups excluding carboxylic acids is 2. The maximum Gasteiger partial charge on any atom is 0.164 e. The van der Waals surface area contributed by atoms with Crippen LogP contribution in [0.25, 0.3) is 0 Å². The second-order valence-corrected chi connectivity index (χ2v) is 6.15. The summed E-state index contributed by atoms with van der Waals surface area (Å²) in [6, 6.07) is 0. The number of aliphatic hydroxyl groups excluding tert-OH is 2. The second-order valence-electron chi connectivity index (χ2n) is 6.15. The predicted octanol–water partition coefficient (Wildman–Crippen LogP) is 3.57. The Bertz CT molecular complexity index is 271. The molecule has 0 radical (unpaired) electrons. The van der Waals surface area contributed by atoms with Crippen molar-refractivity contribution in [3.8, 4) is 0 Å². The Kier molecular flexibility index (Phi) is 13.4. The topological polar surface area (TPSA) is 74.6 Å². The van der Waals surface area contributed by atoms with E-state index in [0.29, 0.717) is 12.8 Å². The zero-order chi connectivity index (χ0) is 16.8. The fourth-order valence-electron chi connectivity index (χ4n) is 2.45. The van der Waals surface area contributed by atoms with Crippen molar-refractivity contribution in [2.24, 2.45) is 0 Å². The molecular weight excluding hydrogens is 280 g/mol. The molecule has 0 aliphatic carbocycles. The lowest BCUT2D eigenvalue weighted by molar-refractivity contribution is -0.143. The highest BCUT2D eigenvalue weighted by molar-refractivity contribution is 5.92. The van der Waals surface area contributed by atoms with Gasteiger partial charge in [0.05, 0.1) is 0 Å². The number of aliphatic hydroxyl groups is 2. The van der Waals surface area contributed by atoms with Gasteiger partial charge in [-0.25, -0.2) is 0 Å². The maximum absolute atomic E-state index is 11.8. The number of carbonyl (C=O) groups is 2. The second kappa shape index (κ2) is 13.9. The fraction of sp³-hybridized carbons (Fsp3) is 0.889. The SMILES string of the molecule is CCCCCCCC(=O)[C@H](O)[C@@H](O)C(=O)CCCCCCC. The lowest BCUT2D eigenvalue weighted by Gasteiger charge is -2.15. The molecule has 0 amide bonds. The number of hydrogen-bond donors (Lipinski definition) is 2. The first kappa shape index (κ1) is 21.3. The Labute approximate surface area is 135 Å². The molecule has 4 heteroatoms. The highest BCUT2D eigenvalue weighted by Crippen LogP contribution is 2.11. The van der Waals surface area contributed by atoms with Crippen molar-refractivity contribution in [1.29, 1.82) is 0 Å². The van der Waals surface area contributed by atoms with E-state index in [1.165, 1.54) is 0 Å². The Morgan fingerprint density at radius 3 is 1.27 bits per heavy atom. The minimum absolute atomic E-state index is 0.242. The van der Waals surface area contributed by atoms with Crippen molar-refractivity contribution in [2.45, 2.75) is 103 Å². The average Bonchev–Trinajstić information content (AvgIpc) is 2.52. The largest absolute Gasteiger partial charge is 0.382 e. The molecule has 0 aliphatic heterocycles. The highest BCUT2D eigenvalue weighted by atomic mass is 16.3. The zero-order valence-electron chi connectivity index (χ0n) is 14.4. The molecule has 0 saturated carbocycles.